The lowest BCUT2D eigenvalue weighted by molar-refractivity contribution is -0.144. The van der Waals surface area contributed by atoms with E-state index in [1.165, 1.54) is 6.42 Å². The van der Waals surface area contributed by atoms with Crippen molar-refractivity contribution in [2.24, 2.45) is 23.0 Å². The zero-order valence-corrected chi connectivity index (χ0v) is 13.2. The third kappa shape index (κ3) is 4.48. The number of hydrogen-bond acceptors (Lipinski definition) is 2. The van der Waals surface area contributed by atoms with Gasteiger partial charge in [0.25, 0.3) is 0 Å². The van der Waals surface area contributed by atoms with Crippen LogP contribution in [0.5, 0.6) is 0 Å². The van der Waals surface area contributed by atoms with Crippen LogP contribution in [0.15, 0.2) is 0 Å². The van der Waals surface area contributed by atoms with Gasteiger partial charge >= 0.3 is 0 Å². The molecule has 0 aromatic carbocycles. The van der Waals surface area contributed by atoms with Crippen LogP contribution in [0.25, 0.3) is 0 Å². The summed E-state index contributed by atoms with van der Waals surface area (Å²) in [7, 11) is 0. The lowest BCUT2D eigenvalue weighted by Gasteiger charge is -2.40. The molecule has 0 aromatic rings. The van der Waals surface area contributed by atoms with Crippen LogP contribution >= 0.6 is 0 Å². The predicted molar refractivity (Wildman–Crippen MR) is 80.8 cm³/mol. The smallest absolute Gasteiger partial charge is 0.230 e. The predicted octanol–water partition coefficient (Wildman–Crippen LogP) is 3.04. The summed E-state index contributed by atoms with van der Waals surface area (Å²) in [5.41, 5.74) is 5.73. The van der Waals surface area contributed by atoms with Crippen molar-refractivity contribution < 1.29 is 4.79 Å². The van der Waals surface area contributed by atoms with E-state index in [9.17, 15) is 4.79 Å². The normalized spacial score (nSPS) is 18.9. The van der Waals surface area contributed by atoms with Crippen molar-refractivity contribution in [1.29, 1.82) is 0 Å². The Morgan fingerprint density at radius 1 is 1.05 bits per heavy atom. The molecule has 1 aliphatic rings. The van der Waals surface area contributed by atoms with Crippen LogP contribution in [-0.4, -0.2) is 30.4 Å². The molecule has 1 saturated carbocycles. The highest BCUT2D eigenvalue weighted by molar-refractivity contribution is 5.83. The molecule has 0 unspecified atom stereocenters. The van der Waals surface area contributed by atoms with E-state index in [1.807, 2.05) is 0 Å². The van der Waals surface area contributed by atoms with Gasteiger partial charge in [-0.05, 0) is 24.7 Å². The lowest BCUT2D eigenvalue weighted by atomic mass is 9.73. The second-order valence-corrected chi connectivity index (χ2v) is 7.04. The molecule has 19 heavy (non-hydrogen) atoms. The van der Waals surface area contributed by atoms with E-state index in [1.54, 1.807) is 0 Å². The van der Waals surface area contributed by atoms with Gasteiger partial charge in [0.05, 0.1) is 5.41 Å². The SMILES string of the molecule is CC(C)CN(CC(C)C)C(=O)C1(CN)CCCCC1. The zero-order valence-electron chi connectivity index (χ0n) is 13.2. The Balaban J connectivity index is 2.82. The average molecular weight is 268 g/mol. The monoisotopic (exact) mass is 268 g/mol. The highest BCUT2D eigenvalue weighted by Crippen LogP contribution is 2.37. The standard InChI is InChI=1S/C16H32N2O/c1-13(2)10-18(11-14(3)4)15(19)16(12-17)8-6-5-7-9-16/h13-14H,5-12,17H2,1-4H3. The average Bonchev–Trinajstić information content (AvgIpc) is 2.36. The van der Waals surface area contributed by atoms with Crippen LogP contribution in [0.4, 0.5) is 0 Å². The van der Waals surface area contributed by atoms with Gasteiger partial charge in [0.2, 0.25) is 5.91 Å². The third-order valence-electron chi connectivity index (χ3n) is 4.11. The van der Waals surface area contributed by atoms with Gasteiger partial charge in [0, 0.05) is 19.6 Å². The largest absolute Gasteiger partial charge is 0.342 e. The molecule has 0 radical (unpaired) electrons. The van der Waals surface area contributed by atoms with Crippen LogP contribution in [0.2, 0.25) is 0 Å². The molecule has 0 bridgehead atoms. The molecule has 1 amide bonds. The Morgan fingerprint density at radius 2 is 1.53 bits per heavy atom. The first kappa shape index (κ1) is 16.5. The molecule has 0 heterocycles. The van der Waals surface area contributed by atoms with E-state index in [2.05, 4.69) is 32.6 Å². The van der Waals surface area contributed by atoms with E-state index in [0.29, 0.717) is 24.3 Å². The number of carbonyl (C=O) groups is 1. The number of rotatable bonds is 6. The van der Waals surface area contributed by atoms with E-state index in [-0.39, 0.29) is 5.41 Å². The van der Waals surface area contributed by atoms with Crippen LogP contribution in [0, 0.1) is 17.3 Å². The van der Waals surface area contributed by atoms with Crippen LogP contribution in [0.1, 0.15) is 59.8 Å². The minimum absolute atomic E-state index is 0.262. The summed E-state index contributed by atoms with van der Waals surface area (Å²) in [5, 5.41) is 0. The zero-order chi connectivity index (χ0) is 14.5. The molecule has 1 aliphatic carbocycles. The summed E-state index contributed by atoms with van der Waals surface area (Å²) in [5.74, 6) is 1.35. The fourth-order valence-corrected chi connectivity index (χ4v) is 3.19. The first-order valence-corrected chi connectivity index (χ1v) is 7.90. The number of nitrogens with zero attached hydrogens (tertiary/aromatic N) is 1. The summed E-state index contributed by atoms with van der Waals surface area (Å²) in [6, 6.07) is 0. The van der Waals surface area contributed by atoms with E-state index < -0.39 is 0 Å². The molecule has 112 valence electrons. The quantitative estimate of drug-likeness (QED) is 0.805. The molecule has 2 N–H and O–H groups in total. The second-order valence-electron chi connectivity index (χ2n) is 7.04. The van der Waals surface area contributed by atoms with Gasteiger partial charge < -0.3 is 10.6 Å². The number of amides is 1. The molecule has 1 fully saturated rings. The van der Waals surface area contributed by atoms with E-state index in [4.69, 9.17) is 5.73 Å². The van der Waals surface area contributed by atoms with Crippen molar-refractivity contribution in [3.63, 3.8) is 0 Å². The van der Waals surface area contributed by atoms with Gasteiger partial charge in [-0.1, -0.05) is 47.0 Å². The molecule has 0 atom stereocenters. The maximum Gasteiger partial charge on any atom is 0.230 e. The summed E-state index contributed by atoms with van der Waals surface area (Å²) in [4.78, 5) is 15.0. The second kappa shape index (κ2) is 7.28. The van der Waals surface area contributed by atoms with Crippen molar-refractivity contribution in [2.45, 2.75) is 59.8 Å². The van der Waals surface area contributed by atoms with Crippen molar-refractivity contribution in [1.82, 2.24) is 4.90 Å². The molecule has 1 rings (SSSR count). The highest BCUT2D eigenvalue weighted by atomic mass is 16.2. The number of hydrogen-bond donors (Lipinski definition) is 1. The van der Waals surface area contributed by atoms with E-state index >= 15 is 0 Å². The minimum atomic E-state index is -0.262. The molecule has 0 aliphatic heterocycles. The fourth-order valence-electron chi connectivity index (χ4n) is 3.19. The van der Waals surface area contributed by atoms with Crippen molar-refractivity contribution in [2.75, 3.05) is 19.6 Å². The van der Waals surface area contributed by atoms with Gasteiger partial charge in [-0.15, -0.1) is 0 Å². The maximum absolute atomic E-state index is 13.0. The van der Waals surface area contributed by atoms with Crippen LogP contribution < -0.4 is 5.73 Å². The molecule has 3 nitrogen and oxygen atoms in total. The highest BCUT2D eigenvalue weighted by Gasteiger charge is 2.40. The fraction of sp³-hybridized carbons (Fsp3) is 0.938. The molecular weight excluding hydrogens is 236 g/mol. The van der Waals surface area contributed by atoms with Gasteiger partial charge in [-0.25, -0.2) is 0 Å². The van der Waals surface area contributed by atoms with Gasteiger partial charge in [-0.2, -0.15) is 0 Å². The third-order valence-corrected chi connectivity index (χ3v) is 4.11. The van der Waals surface area contributed by atoms with Gasteiger partial charge in [-0.3, -0.25) is 4.79 Å². The minimum Gasteiger partial charge on any atom is -0.342 e. The van der Waals surface area contributed by atoms with Crippen LogP contribution in [-0.2, 0) is 4.79 Å². The lowest BCUT2D eigenvalue weighted by Crippen LogP contribution is -2.51. The molecule has 0 saturated heterocycles. The Hall–Kier alpha value is -0.570. The Morgan fingerprint density at radius 3 is 1.89 bits per heavy atom. The number of nitrogens with two attached hydrogens (primary N) is 1. The first-order valence-electron chi connectivity index (χ1n) is 7.90. The molecule has 0 spiro atoms. The topological polar surface area (TPSA) is 46.3 Å². The summed E-state index contributed by atoms with van der Waals surface area (Å²) in [6.45, 7) is 10.9. The molecular formula is C16H32N2O. The molecule has 0 aromatic heterocycles. The van der Waals surface area contributed by atoms with Crippen LogP contribution in [0.3, 0.4) is 0 Å². The van der Waals surface area contributed by atoms with Gasteiger partial charge in [0.1, 0.15) is 0 Å². The Labute approximate surface area is 118 Å². The van der Waals surface area contributed by atoms with E-state index in [0.717, 1.165) is 38.8 Å². The molecule has 3 heteroatoms. The maximum atomic E-state index is 13.0. The van der Waals surface area contributed by atoms with Crippen molar-refractivity contribution >= 4 is 5.91 Å². The van der Waals surface area contributed by atoms with Crippen molar-refractivity contribution in [3.05, 3.63) is 0 Å². The van der Waals surface area contributed by atoms with Crippen molar-refractivity contribution in [3.8, 4) is 0 Å². The Bertz CT molecular complexity index is 270. The summed E-state index contributed by atoms with van der Waals surface area (Å²) < 4.78 is 0. The number of carbonyl (C=O) groups excluding carboxylic acids is 1. The van der Waals surface area contributed by atoms with Gasteiger partial charge in [0.15, 0.2) is 0 Å². The summed E-state index contributed by atoms with van der Waals surface area (Å²) in [6.07, 6.45) is 5.52. The Kier molecular flexibility index (Phi) is 6.31. The first-order chi connectivity index (χ1) is 8.91. The summed E-state index contributed by atoms with van der Waals surface area (Å²) >= 11 is 0.